The second-order valence-electron chi connectivity index (χ2n) is 5.51. The van der Waals surface area contributed by atoms with Gasteiger partial charge in [0.1, 0.15) is 23.4 Å². The Labute approximate surface area is 125 Å². The van der Waals surface area contributed by atoms with E-state index in [1.165, 1.54) is 0 Å². The van der Waals surface area contributed by atoms with Gasteiger partial charge < -0.3 is 14.8 Å². The first kappa shape index (κ1) is 14.0. The van der Waals surface area contributed by atoms with Crippen molar-refractivity contribution < 1.29 is 9.47 Å². The second-order valence-corrected chi connectivity index (χ2v) is 5.51. The second kappa shape index (κ2) is 6.64. The molecule has 1 aliphatic heterocycles. The van der Waals surface area contributed by atoms with E-state index in [4.69, 9.17) is 9.47 Å². The molecule has 1 saturated heterocycles. The van der Waals surface area contributed by atoms with E-state index in [2.05, 4.69) is 12.2 Å². The van der Waals surface area contributed by atoms with Gasteiger partial charge in [0.25, 0.3) is 0 Å². The van der Waals surface area contributed by atoms with Crippen molar-refractivity contribution in [3.63, 3.8) is 0 Å². The lowest BCUT2D eigenvalue weighted by atomic mass is 10.0. The molecule has 3 nitrogen and oxygen atoms in total. The molecule has 0 spiro atoms. The van der Waals surface area contributed by atoms with Gasteiger partial charge in [0.15, 0.2) is 0 Å². The predicted octanol–water partition coefficient (Wildman–Crippen LogP) is 4.00. The third kappa shape index (κ3) is 3.99. The van der Waals surface area contributed by atoms with Crippen LogP contribution in [0.2, 0.25) is 0 Å². The molecule has 2 unspecified atom stereocenters. The highest BCUT2D eigenvalue weighted by Gasteiger charge is 2.19. The molecule has 21 heavy (non-hydrogen) atoms. The number of hydrogen-bond donors (Lipinski definition) is 1. The first-order chi connectivity index (χ1) is 10.3. The largest absolute Gasteiger partial charge is 0.490 e. The van der Waals surface area contributed by atoms with Crippen LogP contribution in [-0.2, 0) is 0 Å². The van der Waals surface area contributed by atoms with Crippen LogP contribution in [0, 0.1) is 0 Å². The number of nitrogens with one attached hydrogen (secondary N) is 1. The van der Waals surface area contributed by atoms with Gasteiger partial charge in [-0.25, -0.2) is 0 Å². The molecule has 110 valence electrons. The minimum Gasteiger partial charge on any atom is -0.490 e. The van der Waals surface area contributed by atoms with Crippen molar-refractivity contribution in [3.8, 4) is 17.2 Å². The van der Waals surface area contributed by atoms with E-state index >= 15 is 0 Å². The fraction of sp³-hybridized carbons (Fsp3) is 0.333. The molecule has 0 aromatic heterocycles. The Balaban J connectivity index is 1.59. The lowest BCUT2D eigenvalue weighted by Gasteiger charge is -2.28. The molecule has 1 fully saturated rings. The average molecular weight is 283 g/mol. The highest BCUT2D eigenvalue weighted by Crippen LogP contribution is 2.25. The number of rotatable bonds is 4. The summed E-state index contributed by atoms with van der Waals surface area (Å²) in [5.74, 6) is 2.58. The topological polar surface area (TPSA) is 30.5 Å². The Hall–Kier alpha value is -2.00. The fourth-order valence-corrected chi connectivity index (χ4v) is 2.60. The molecular weight excluding hydrogens is 262 g/mol. The van der Waals surface area contributed by atoms with Gasteiger partial charge in [-0.2, -0.15) is 0 Å². The lowest BCUT2D eigenvalue weighted by molar-refractivity contribution is 0.144. The number of hydrogen-bond acceptors (Lipinski definition) is 3. The standard InChI is InChI=1S/C18H21NO2/c1-14-13-18(11-12-19-14)21-17-9-7-16(8-10-17)20-15-5-3-2-4-6-15/h2-10,14,18-19H,11-13H2,1H3. The van der Waals surface area contributed by atoms with E-state index in [9.17, 15) is 0 Å². The summed E-state index contributed by atoms with van der Waals surface area (Å²) in [5, 5.41) is 3.43. The van der Waals surface area contributed by atoms with Crippen molar-refractivity contribution >= 4 is 0 Å². The number of benzene rings is 2. The molecule has 3 rings (SSSR count). The maximum absolute atomic E-state index is 6.04. The normalized spacial score (nSPS) is 21.8. The molecule has 2 atom stereocenters. The molecule has 0 radical (unpaired) electrons. The lowest BCUT2D eigenvalue weighted by Crippen LogP contribution is -2.40. The van der Waals surface area contributed by atoms with E-state index in [0.29, 0.717) is 12.1 Å². The SMILES string of the molecule is CC1CC(Oc2ccc(Oc3ccccc3)cc2)CCN1. The minimum absolute atomic E-state index is 0.308. The number of ether oxygens (including phenoxy) is 2. The van der Waals surface area contributed by atoms with Crippen LogP contribution in [0.3, 0.4) is 0 Å². The van der Waals surface area contributed by atoms with Crippen molar-refractivity contribution in [1.82, 2.24) is 5.32 Å². The van der Waals surface area contributed by atoms with Crippen LogP contribution in [-0.4, -0.2) is 18.7 Å². The van der Waals surface area contributed by atoms with Crippen molar-refractivity contribution in [2.24, 2.45) is 0 Å². The van der Waals surface area contributed by atoms with Gasteiger partial charge >= 0.3 is 0 Å². The summed E-state index contributed by atoms with van der Waals surface area (Å²) in [4.78, 5) is 0. The van der Waals surface area contributed by atoms with Crippen molar-refractivity contribution in [1.29, 1.82) is 0 Å². The van der Waals surface area contributed by atoms with E-state index in [0.717, 1.165) is 36.6 Å². The van der Waals surface area contributed by atoms with Gasteiger partial charge in [0.05, 0.1) is 0 Å². The first-order valence-corrected chi connectivity index (χ1v) is 7.52. The number of para-hydroxylation sites is 1. The summed E-state index contributed by atoms with van der Waals surface area (Å²) in [7, 11) is 0. The molecule has 2 aromatic rings. The molecule has 1 aliphatic rings. The predicted molar refractivity (Wildman–Crippen MR) is 84.1 cm³/mol. The van der Waals surface area contributed by atoms with Gasteiger partial charge in [-0.05, 0) is 62.7 Å². The van der Waals surface area contributed by atoms with Crippen LogP contribution < -0.4 is 14.8 Å². The zero-order valence-electron chi connectivity index (χ0n) is 12.3. The van der Waals surface area contributed by atoms with Gasteiger partial charge in [0, 0.05) is 6.04 Å². The molecule has 0 bridgehead atoms. The first-order valence-electron chi connectivity index (χ1n) is 7.52. The van der Waals surface area contributed by atoms with Crippen LogP contribution in [0.1, 0.15) is 19.8 Å². The fourth-order valence-electron chi connectivity index (χ4n) is 2.60. The summed E-state index contributed by atoms with van der Waals surface area (Å²) in [6.45, 7) is 3.23. The molecular formula is C18H21NO2. The molecule has 0 aliphatic carbocycles. The molecule has 2 aromatic carbocycles. The van der Waals surface area contributed by atoms with E-state index in [1.807, 2.05) is 54.6 Å². The summed E-state index contributed by atoms with van der Waals surface area (Å²) in [5.41, 5.74) is 0. The van der Waals surface area contributed by atoms with E-state index < -0.39 is 0 Å². The summed E-state index contributed by atoms with van der Waals surface area (Å²) < 4.78 is 11.8. The van der Waals surface area contributed by atoms with Gasteiger partial charge in [-0.3, -0.25) is 0 Å². The zero-order chi connectivity index (χ0) is 14.5. The quantitative estimate of drug-likeness (QED) is 0.920. The Kier molecular flexibility index (Phi) is 4.41. The minimum atomic E-state index is 0.308. The maximum atomic E-state index is 6.04. The molecule has 0 amide bonds. The molecule has 0 saturated carbocycles. The Bertz CT molecular complexity index is 553. The van der Waals surface area contributed by atoms with Crippen molar-refractivity contribution in [3.05, 3.63) is 54.6 Å². The van der Waals surface area contributed by atoms with Crippen LogP contribution >= 0.6 is 0 Å². The Morgan fingerprint density at radius 3 is 2.29 bits per heavy atom. The van der Waals surface area contributed by atoms with E-state index in [1.54, 1.807) is 0 Å². The van der Waals surface area contributed by atoms with Gasteiger partial charge in [-0.15, -0.1) is 0 Å². The Morgan fingerprint density at radius 1 is 0.905 bits per heavy atom. The van der Waals surface area contributed by atoms with E-state index in [-0.39, 0.29) is 0 Å². The maximum Gasteiger partial charge on any atom is 0.127 e. The Morgan fingerprint density at radius 2 is 1.57 bits per heavy atom. The van der Waals surface area contributed by atoms with Crippen LogP contribution in [0.4, 0.5) is 0 Å². The molecule has 1 heterocycles. The summed E-state index contributed by atoms with van der Waals surface area (Å²) >= 11 is 0. The molecule has 1 N–H and O–H groups in total. The van der Waals surface area contributed by atoms with Gasteiger partial charge in [0.2, 0.25) is 0 Å². The summed E-state index contributed by atoms with van der Waals surface area (Å²) in [6.07, 6.45) is 2.43. The average Bonchev–Trinajstić information content (AvgIpc) is 2.50. The van der Waals surface area contributed by atoms with Crippen molar-refractivity contribution in [2.45, 2.75) is 31.9 Å². The number of piperidine rings is 1. The third-order valence-electron chi connectivity index (χ3n) is 3.68. The third-order valence-corrected chi connectivity index (χ3v) is 3.68. The smallest absolute Gasteiger partial charge is 0.127 e. The van der Waals surface area contributed by atoms with Crippen molar-refractivity contribution in [2.75, 3.05) is 6.54 Å². The highest BCUT2D eigenvalue weighted by molar-refractivity contribution is 5.35. The molecule has 3 heteroatoms. The van der Waals surface area contributed by atoms with Crippen LogP contribution in [0.15, 0.2) is 54.6 Å². The monoisotopic (exact) mass is 283 g/mol. The van der Waals surface area contributed by atoms with Crippen LogP contribution in [0.5, 0.6) is 17.2 Å². The zero-order valence-corrected chi connectivity index (χ0v) is 12.3. The summed E-state index contributed by atoms with van der Waals surface area (Å²) in [6, 6.07) is 18.2. The van der Waals surface area contributed by atoms with Gasteiger partial charge in [-0.1, -0.05) is 18.2 Å². The highest BCUT2D eigenvalue weighted by atomic mass is 16.5. The van der Waals surface area contributed by atoms with Crippen LogP contribution in [0.25, 0.3) is 0 Å².